The summed E-state index contributed by atoms with van der Waals surface area (Å²) in [6.07, 6.45) is 7.60. The summed E-state index contributed by atoms with van der Waals surface area (Å²) in [5.74, 6) is 0. The molecule has 2 aromatic rings. The maximum Gasteiger partial charge on any atom is 0.185 e. The summed E-state index contributed by atoms with van der Waals surface area (Å²) in [7, 11) is 0. The van der Waals surface area contributed by atoms with Crippen molar-refractivity contribution in [3.8, 4) is 0 Å². The molecule has 4 rings (SSSR count). The van der Waals surface area contributed by atoms with Gasteiger partial charge in [-0.1, -0.05) is 13.3 Å². The maximum atomic E-state index is 9.26. The van der Waals surface area contributed by atoms with Crippen LogP contribution in [-0.2, 0) is 18.6 Å². The highest BCUT2D eigenvalue weighted by atomic mass is 32.1. The molecular weight excluding hydrogens is 334 g/mol. The molecule has 2 N–H and O–H groups in total. The van der Waals surface area contributed by atoms with Crippen LogP contribution in [0.1, 0.15) is 49.7 Å². The number of piperidine rings is 1. The molecule has 0 unspecified atom stereocenters. The minimum Gasteiger partial charge on any atom is -0.390 e. The molecule has 136 valence electrons. The van der Waals surface area contributed by atoms with Gasteiger partial charge in [0.25, 0.3) is 0 Å². The number of thiazole rings is 1. The molecule has 0 amide bonds. The molecule has 1 saturated heterocycles. The van der Waals surface area contributed by atoms with E-state index >= 15 is 0 Å². The van der Waals surface area contributed by atoms with Crippen LogP contribution in [0.4, 0.5) is 5.13 Å². The number of imidazole rings is 1. The topological polar surface area (TPSA) is 68.3 Å². The number of unbranched alkanes of at least 4 members (excludes halogenated alkanes) is 1. The third kappa shape index (κ3) is 2.98. The van der Waals surface area contributed by atoms with Gasteiger partial charge in [0.2, 0.25) is 0 Å². The highest BCUT2D eigenvalue weighted by Crippen LogP contribution is 2.43. The third-order valence-electron chi connectivity index (χ3n) is 5.74. The number of hydrogen-bond donors (Lipinski definition) is 2. The number of anilines is 1. The molecule has 0 bridgehead atoms. The molecule has 0 radical (unpaired) electrons. The van der Waals surface area contributed by atoms with Crippen molar-refractivity contribution in [2.75, 3.05) is 31.1 Å². The van der Waals surface area contributed by atoms with Crippen molar-refractivity contribution in [1.82, 2.24) is 19.9 Å². The van der Waals surface area contributed by atoms with Crippen molar-refractivity contribution < 1.29 is 5.11 Å². The van der Waals surface area contributed by atoms with Crippen LogP contribution in [0, 0.1) is 0 Å². The van der Waals surface area contributed by atoms with E-state index in [1.807, 2.05) is 11.7 Å². The second-order valence-corrected chi connectivity index (χ2v) is 7.96. The average molecular weight is 362 g/mol. The number of hydrogen-bond acceptors (Lipinski definition) is 6. The van der Waals surface area contributed by atoms with Gasteiger partial charge in [-0.05, 0) is 25.8 Å². The third-order valence-corrected chi connectivity index (χ3v) is 6.69. The molecule has 7 heteroatoms. The zero-order chi connectivity index (χ0) is 17.3. The van der Waals surface area contributed by atoms with Crippen molar-refractivity contribution in [3.63, 3.8) is 0 Å². The highest BCUT2D eigenvalue weighted by molar-refractivity contribution is 7.13. The van der Waals surface area contributed by atoms with Gasteiger partial charge in [0.05, 0.1) is 29.9 Å². The largest absolute Gasteiger partial charge is 0.390 e. The van der Waals surface area contributed by atoms with Gasteiger partial charge < -0.3 is 15.0 Å². The predicted molar refractivity (Wildman–Crippen MR) is 99.9 cm³/mol. The number of aliphatic hydroxyl groups is 1. The first kappa shape index (κ1) is 17.0. The summed E-state index contributed by atoms with van der Waals surface area (Å²) in [6.45, 7) is 6.56. The summed E-state index contributed by atoms with van der Waals surface area (Å²) < 4.78 is 0. The minimum absolute atomic E-state index is 0.0235. The summed E-state index contributed by atoms with van der Waals surface area (Å²) in [5.41, 5.74) is 3.47. The molecule has 4 heterocycles. The van der Waals surface area contributed by atoms with Gasteiger partial charge in [-0.25, -0.2) is 9.97 Å². The Morgan fingerprint density at radius 2 is 2.16 bits per heavy atom. The van der Waals surface area contributed by atoms with E-state index in [1.54, 1.807) is 11.3 Å². The van der Waals surface area contributed by atoms with Gasteiger partial charge >= 0.3 is 0 Å². The van der Waals surface area contributed by atoms with Crippen LogP contribution in [0.3, 0.4) is 0 Å². The Morgan fingerprint density at radius 3 is 2.88 bits per heavy atom. The van der Waals surface area contributed by atoms with Crippen molar-refractivity contribution >= 4 is 16.5 Å². The second-order valence-electron chi connectivity index (χ2n) is 7.12. The van der Waals surface area contributed by atoms with E-state index in [4.69, 9.17) is 4.98 Å². The van der Waals surface area contributed by atoms with E-state index in [0.717, 1.165) is 56.3 Å². The van der Waals surface area contributed by atoms with Crippen LogP contribution in [0.2, 0.25) is 0 Å². The normalized spacial score (nSPS) is 20.2. The van der Waals surface area contributed by atoms with Crippen LogP contribution in [0.15, 0.2) is 11.7 Å². The number of H-pyrrole nitrogens is 1. The fourth-order valence-corrected chi connectivity index (χ4v) is 5.20. The van der Waals surface area contributed by atoms with E-state index < -0.39 is 0 Å². The Hall–Kier alpha value is -1.44. The van der Waals surface area contributed by atoms with Crippen molar-refractivity contribution in [2.45, 2.75) is 51.2 Å². The predicted octanol–water partition coefficient (Wildman–Crippen LogP) is 2.51. The Balaban J connectivity index is 1.55. The fraction of sp³-hybridized carbons (Fsp3) is 0.667. The number of aromatic amines is 1. The van der Waals surface area contributed by atoms with Crippen molar-refractivity contribution in [1.29, 1.82) is 0 Å². The monoisotopic (exact) mass is 361 g/mol. The Bertz CT molecular complexity index is 704. The van der Waals surface area contributed by atoms with Gasteiger partial charge in [0, 0.05) is 37.1 Å². The Morgan fingerprint density at radius 1 is 1.32 bits per heavy atom. The number of nitrogens with zero attached hydrogens (tertiary/aromatic N) is 4. The van der Waals surface area contributed by atoms with Crippen LogP contribution < -0.4 is 4.90 Å². The van der Waals surface area contributed by atoms with Gasteiger partial charge in [-0.15, -0.1) is 11.3 Å². The first-order valence-corrected chi connectivity index (χ1v) is 10.2. The number of rotatable bonds is 5. The lowest BCUT2D eigenvalue weighted by atomic mass is 9.78. The molecule has 2 aliphatic heterocycles. The first-order valence-electron chi connectivity index (χ1n) is 9.35. The smallest absolute Gasteiger partial charge is 0.185 e. The van der Waals surface area contributed by atoms with E-state index in [2.05, 4.69) is 26.7 Å². The van der Waals surface area contributed by atoms with Crippen molar-refractivity contribution in [3.05, 3.63) is 28.8 Å². The van der Waals surface area contributed by atoms with E-state index in [1.165, 1.54) is 24.2 Å². The lowest BCUT2D eigenvalue weighted by Gasteiger charge is -2.50. The molecule has 0 atom stereocenters. The molecule has 6 nitrogen and oxygen atoms in total. The molecule has 25 heavy (non-hydrogen) atoms. The molecular formula is C18H27N5OS. The van der Waals surface area contributed by atoms with Gasteiger partial charge in [-0.2, -0.15) is 0 Å². The Labute approximate surface area is 152 Å². The summed E-state index contributed by atoms with van der Waals surface area (Å²) in [5, 5.41) is 12.3. The fourth-order valence-electron chi connectivity index (χ4n) is 4.33. The number of aromatic nitrogens is 3. The van der Waals surface area contributed by atoms with Crippen LogP contribution in [0.25, 0.3) is 0 Å². The van der Waals surface area contributed by atoms with Crippen molar-refractivity contribution in [2.24, 2.45) is 0 Å². The summed E-state index contributed by atoms with van der Waals surface area (Å²) in [4.78, 5) is 17.7. The number of aliphatic hydroxyl groups excluding tert-OH is 1. The number of nitrogens with one attached hydrogen (secondary N) is 1. The minimum atomic E-state index is 0.0235. The van der Waals surface area contributed by atoms with Crippen LogP contribution >= 0.6 is 11.3 Å². The van der Waals surface area contributed by atoms with Crippen LogP contribution in [0.5, 0.6) is 0 Å². The lowest BCUT2D eigenvalue weighted by molar-refractivity contribution is 0.0432. The molecule has 2 aliphatic rings. The molecule has 1 spiro atoms. The molecule has 1 fully saturated rings. The zero-order valence-electron chi connectivity index (χ0n) is 14.9. The Kier molecular flexibility index (Phi) is 4.80. The lowest BCUT2D eigenvalue weighted by Crippen LogP contribution is -2.56. The molecule has 0 saturated carbocycles. The van der Waals surface area contributed by atoms with Gasteiger partial charge in [-0.3, -0.25) is 4.90 Å². The van der Waals surface area contributed by atoms with Gasteiger partial charge in [0.15, 0.2) is 5.13 Å². The highest BCUT2D eigenvalue weighted by Gasteiger charge is 2.46. The van der Waals surface area contributed by atoms with E-state index in [9.17, 15) is 5.11 Å². The standard InChI is InChI=1S/C18H27N5OS/c1-2-3-7-23-8-4-15-16(20-13-19-15)18(23)5-9-22(10-6-18)17-21-14(11-24)12-25-17/h12-13,24H,2-11H2,1H3,(H,19,20). The molecule has 0 aromatic carbocycles. The summed E-state index contributed by atoms with van der Waals surface area (Å²) in [6, 6.07) is 0. The number of fused-ring (bicyclic) bond motifs is 2. The SMILES string of the molecule is CCCCN1CCc2[nH]cnc2C12CCN(c1nc(CO)cs1)CC2. The van der Waals surface area contributed by atoms with Crippen LogP contribution in [-0.4, -0.2) is 51.1 Å². The van der Waals surface area contributed by atoms with E-state index in [-0.39, 0.29) is 12.1 Å². The van der Waals surface area contributed by atoms with E-state index in [0.29, 0.717) is 0 Å². The summed E-state index contributed by atoms with van der Waals surface area (Å²) >= 11 is 1.64. The second kappa shape index (κ2) is 7.05. The molecule has 0 aliphatic carbocycles. The quantitative estimate of drug-likeness (QED) is 0.856. The average Bonchev–Trinajstić information content (AvgIpc) is 3.31. The van der Waals surface area contributed by atoms with Gasteiger partial charge in [0.1, 0.15) is 0 Å². The zero-order valence-corrected chi connectivity index (χ0v) is 15.7. The first-order chi connectivity index (χ1) is 12.3. The maximum absolute atomic E-state index is 9.26. The molecule has 2 aromatic heterocycles.